The van der Waals surface area contributed by atoms with Crippen LogP contribution >= 0.6 is 27.7 Å². The first-order valence-corrected chi connectivity index (χ1v) is 9.38. The van der Waals surface area contributed by atoms with E-state index in [1.54, 1.807) is 11.8 Å². The molecule has 1 aromatic rings. The largest absolute Gasteiger partial charge is 0.356 e. The quantitative estimate of drug-likeness (QED) is 0.722. The number of benzene rings is 1. The molecule has 21 heavy (non-hydrogen) atoms. The fourth-order valence-electron chi connectivity index (χ4n) is 2.49. The summed E-state index contributed by atoms with van der Waals surface area (Å²) in [4.78, 5) is 13.0. The number of amides is 1. The van der Waals surface area contributed by atoms with Crippen molar-refractivity contribution in [2.75, 3.05) is 25.4 Å². The number of hydrogen-bond donors (Lipinski definition) is 2. The smallest absolute Gasteiger partial charge is 0.220 e. The molecule has 1 heterocycles. The zero-order valence-corrected chi connectivity index (χ0v) is 14.6. The molecule has 1 aromatic carbocycles. The Morgan fingerprint density at radius 3 is 3.05 bits per heavy atom. The van der Waals surface area contributed by atoms with Crippen molar-refractivity contribution < 1.29 is 4.79 Å². The molecular weight excluding hydrogens is 348 g/mol. The van der Waals surface area contributed by atoms with Crippen LogP contribution in [0.1, 0.15) is 25.7 Å². The third-order valence-electron chi connectivity index (χ3n) is 3.70. The number of hydrogen-bond acceptors (Lipinski definition) is 3. The third-order valence-corrected chi connectivity index (χ3v) is 5.73. The summed E-state index contributed by atoms with van der Waals surface area (Å²) >= 11 is 5.24. The Labute approximate surface area is 139 Å². The van der Waals surface area contributed by atoms with Crippen LogP contribution in [0.5, 0.6) is 0 Å². The van der Waals surface area contributed by atoms with E-state index in [9.17, 15) is 4.79 Å². The van der Waals surface area contributed by atoms with Gasteiger partial charge in [-0.05, 0) is 66.3 Å². The molecule has 0 spiro atoms. The zero-order valence-electron chi connectivity index (χ0n) is 12.2. The summed E-state index contributed by atoms with van der Waals surface area (Å²) in [6.45, 7) is 3.06. The van der Waals surface area contributed by atoms with Crippen molar-refractivity contribution in [2.24, 2.45) is 5.92 Å². The fourth-order valence-corrected chi connectivity index (χ4v) is 4.01. The molecular formula is C16H23BrN2OS. The van der Waals surface area contributed by atoms with Crippen molar-refractivity contribution >= 4 is 33.6 Å². The van der Waals surface area contributed by atoms with Gasteiger partial charge >= 0.3 is 0 Å². The summed E-state index contributed by atoms with van der Waals surface area (Å²) in [6, 6.07) is 8.12. The first kappa shape index (κ1) is 16.8. The lowest BCUT2D eigenvalue weighted by Crippen LogP contribution is -2.33. The Balaban J connectivity index is 1.56. The molecule has 116 valence electrons. The van der Waals surface area contributed by atoms with Gasteiger partial charge in [-0.25, -0.2) is 0 Å². The molecule has 1 unspecified atom stereocenters. The molecule has 2 N–H and O–H groups in total. The van der Waals surface area contributed by atoms with Crippen LogP contribution < -0.4 is 10.6 Å². The minimum Gasteiger partial charge on any atom is -0.356 e. The highest BCUT2D eigenvalue weighted by molar-refractivity contribution is 9.10. The molecule has 0 saturated carbocycles. The van der Waals surface area contributed by atoms with E-state index in [1.807, 2.05) is 18.2 Å². The predicted octanol–water partition coefficient (Wildman–Crippen LogP) is 3.44. The second-order valence-electron chi connectivity index (χ2n) is 5.38. The lowest BCUT2D eigenvalue weighted by atomic mass is 9.96. The van der Waals surface area contributed by atoms with Gasteiger partial charge < -0.3 is 10.6 Å². The van der Waals surface area contributed by atoms with Gasteiger partial charge in [-0.15, -0.1) is 11.8 Å². The van der Waals surface area contributed by atoms with Gasteiger partial charge in [-0.3, -0.25) is 4.79 Å². The average Bonchev–Trinajstić information content (AvgIpc) is 2.50. The number of thioether (sulfide) groups is 1. The maximum Gasteiger partial charge on any atom is 0.220 e. The van der Waals surface area contributed by atoms with Gasteiger partial charge in [0.15, 0.2) is 0 Å². The Kier molecular flexibility index (Phi) is 7.61. The van der Waals surface area contributed by atoms with Crippen molar-refractivity contribution in [3.8, 4) is 0 Å². The van der Waals surface area contributed by atoms with Gasteiger partial charge in [0.1, 0.15) is 0 Å². The average molecular weight is 371 g/mol. The van der Waals surface area contributed by atoms with E-state index in [4.69, 9.17) is 0 Å². The van der Waals surface area contributed by atoms with E-state index in [1.165, 1.54) is 17.7 Å². The van der Waals surface area contributed by atoms with Gasteiger partial charge in [-0.2, -0.15) is 0 Å². The van der Waals surface area contributed by atoms with Crippen molar-refractivity contribution in [3.63, 3.8) is 0 Å². The van der Waals surface area contributed by atoms with Gasteiger partial charge in [0, 0.05) is 28.1 Å². The summed E-state index contributed by atoms with van der Waals surface area (Å²) in [5, 5.41) is 6.45. The number of nitrogens with one attached hydrogen (secondary N) is 2. The van der Waals surface area contributed by atoms with Crippen LogP contribution in [-0.4, -0.2) is 31.3 Å². The van der Waals surface area contributed by atoms with Crippen molar-refractivity contribution in [2.45, 2.75) is 30.6 Å². The SMILES string of the molecule is O=C(CCSc1ccccc1Br)NCCC1CCCNC1. The Morgan fingerprint density at radius 1 is 1.43 bits per heavy atom. The van der Waals surface area contributed by atoms with Crippen LogP contribution in [0.4, 0.5) is 0 Å². The highest BCUT2D eigenvalue weighted by Gasteiger charge is 2.12. The molecule has 1 saturated heterocycles. The Bertz CT molecular complexity index is 450. The predicted molar refractivity (Wildman–Crippen MR) is 92.7 cm³/mol. The van der Waals surface area contributed by atoms with E-state index >= 15 is 0 Å². The van der Waals surface area contributed by atoms with Gasteiger partial charge in [0.05, 0.1) is 0 Å². The van der Waals surface area contributed by atoms with E-state index in [0.29, 0.717) is 6.42 Å². The van der Waals surface area contributed by atoms with Crippen LogP contribution in [0.25, 0.3) is 0 Å². The van der Waals surface area contributed by atoms with E-state index in [2.05, 4.69) is 32.6 Å². The lowest BCUT2D eigenvalue weighted by molar-refractivity contribution is -0.120. The van der Waals surface area contributed by atoms with Gasteiger partial charge in [-0.1, -0.05) is 12.1 Å². The maximum atomic E-state index is 11.8. The van der Waals surface area contributed by atoms with E-state index in [-0.39, 0.29) is 5.91 Å². The van der Waals surface area contributed by atoms with Gasteiger partial charge in [0.25, 0.3) is 0 Å². The van der Waals surface area contributed by atoms with E-state index in [0.717, 1.165) is 42.2 Å². The second-order valence-corrected chi connectivity index (χ2v) is 7.37. The second kappa shape index (κ2) is 9.49. The van der Waals surface area contributed by atoms with Crippen LogP contribution in [-0.2, 0) is 4.79 Å². The van der Waals surface area contributed by atoms with E-state index < -0.39 is 0 Å². The lowest BCUT2D eigenvalue weighted by Gasteiger charge is -2.22. The van der Waals surface area contributed by atoms with Crippen LogP contribution in [0, 0.1) is 5.92 Å². The highest BCUT2D eigenvalue weighted by atomic mass is 79.9. The number of rotatable bonds is 7. The Hall–Kier alpha value is -0.520. The number of carbonyl (C=O) groups excluding carboxylic acids is 1. The standard InChI is InChI=1S/C16H23BrN2OS/c17-14-5-1-2-6-15(14)21-11-8-16(20)19-10-7-13-4-3-9-18-12-13/h1-2,5-6,13,18H,3-4,7-12H2,(H,19,20). The number of carbonyl (C=O) groups is 1. The first-order chi connectivity index (χ1) is 10.3. The molecule has 5 heteroatoms. The topological polar surface area (TPSA) is 41.1 Å². The molecule has 3 nitrogen and oxygen atoms in total. The molecule has 1 aliphatic rings. The molecule has 1 atom stereocenters. The zero-order chi connectivity index (χ0) is 14.9. The first-order valence-electron chi connectivity index (χ1n) is 7.60. The van der Waals surface area contributed by atoms with Crippen LogP contribution in [0.3, 0.4) is 0 Å². The molecule has 0 aliphatic carbocycles. The highest BCUT2D eigenvalue weighted by Crippen LogP contribution is 2.27. The van der Waals surface area contributed by atoms with Crippen molar-refractivity contribution in [1.29, 1.82) is 0 Å². The summed E-state index contributed by atoms with van der Waals surface area (Å²) in [5.74, 6) is 1.71. The van der Waals surface area contributed by atoms with Crippen molar-refractivity contribution in [1.82, 2.24) is 10.6 Å². The summed E-state index contributed by atoms with van der Waals surface area (Å²) in [7, 11) is 0. The number of halogens is 1. The summed E-state index contributed by atoms with van der Waals surface area (Å²) in [5.41, 5.74) is 0. The van der Waals surface area contributed by atoms with Crippen molar-refractivity contribution in [3.05, 3.63) is 28.7 Å². The molecule has 0 bridgehead atoms. The summed E-state index contributed by atoms with van der Waals surface area (Å²) < 4.78 is 1.10. The molecule has 0 radical (unpaired) electrons. The maximum absolute atomic E-state index is 11.8. The fraction of sp³-hybridized carbons (Fsp3) is 0.562. The molecule has 0 aromatic heterocycles. The normalized spacial score (nSPS) is 18.4. The van der Waals surface area contributed by atoms with Crippen LogP contribution in [0.15, 0.2) is 33.6 Å². The van der Waals surface area contributed by atoms with Gasteiger partial charge in [0.2, 0.25) is 5.91 Å². The van der Waals surface area contributed by atoms with Crippen LogP contribution in [0.2, 0.25) is 0 Å². The summed E-state index contributed by atoms with van der Waals surface area (Å²) in [6.07, 6.45) is 4.23. The Morgan fingerprint density at radius 2 is 2.29 bits per heavy atom. The third kappa shape index (κ3) is 6.41. The minimum absolute atomic E-state index is 0.165. The number of piperidine rings is 1. The monoisotopic (exact) mass is 370 g/mol. The molecule has 2 rings (SSSR count). The minimum atomic E-state index is 0.165. The molecule has 1 fully saturated rings. The molecule has 1 aliphatic heterocycles. The molecule has 1 amide bonds.